The number of rotatable bonds is 6. The molecular weight excluding hydrogens is 250 g/mol. The van der Waals surface area contributed by atoms with Gasteiger partial charge in [0.2, 0.25) is 5.91 Å². The van der Waals surface area contributed by atoms with Gasteiger partial charge in [-0.1, -0.05) is 6.08 Å². The van der Waals surface area contributed by atoms with Crippen LogP contribution in [0.5, 0.6) is 0 Å². The molecule has 0 saturated carbocycles. The minimum atomic E-state index is -1.21. The minimum Gasteiger partial charge on any atom is -0.480 e. The highest BCUT2D eigenvalue weighted by Crippen LogP contribution is 2.15. The molecule has 0 atom stereocenters. The zero-order valence-electron chi connectivity index (χ0n) is 11.5. The summed E-state index contributed by atoms with van der Waals surface area (Å²) in [6.07, 6.45) is 1.53. The number of primary amides is 1. The first-order valence-corrected chi connectivity index (χ1v) is 5.77. The second-order valence-corrected chi connectivity index (χ2v) is 5.07. The van der Waals surface area contributed by atoms with Gasteiger partial charge in [0.1, 0.15) is 13.1 Å². The lowest BCUT2D eigenvalue weighted by atomic mass is 10.1. The Hall–Kier alpha value is -2.05. The Morgan fingerprint density at radius 1 is 1.26 bits per heavy atom. The average molecular weight is 271 g/mol. The number of carbonyl (C=O) groups excluding carboxylic acids is 2. The first-order chi connectivity index (χ1) is 8.59. The molecule has 0 heterocycles. The van der Waals surface area contributed by atoms with E-state index in [1.54, 1.807) is 20.8 Å². The van der Waals surface area contributed by atoms with Crippen LogP contribution in [0.4, 0.5) is 4.79 Å². The van der Waals surface area contributed by atoms with Gasteiger partial charge in [-0.2, -0.15) is 0 Å². The molecule has 0 aliphatic heterocycles. The zero-order chi connectivity index (χ0) is 15.2. The van der Waals surface area contributed by atoms with Crippen LogP contribution in [0.1, 0.15) is 20.8 Å². The number of urea groups is 1. The van der Waals surface area contributed by atoms with Gasteiger partial charge in [-0.15, -0.1) is 6.58 Å². The van der Waals surface area contributed by atoms with Gasteiger partial charge in [-0.3, -0.25) is 9.59 Å². The van der Waals surface area contributed by atoms with Crippen LogP contribution in [0.25, 0.3) is 0 Å². The Bertz CT molecular complexity index is 358. The lowest BCUT2D eigenvalue weighted by Gasteiger charge is -2.38. The van der Waals surface area contributed by atoms with Crippen LogP contribution in [-0.2, 0) is 9.59 Å². The second kappa shape index (κ2) is 6.77. The highest BCUT2D eigenvalue weighted by molar-refractivity contribution is 5.86. The lowest BCUT2D eigenvalue weighted by molar-refractivity contribution is -0.138. The highest BCUT2D eigenvalue weighted by Gasteiger charge is 2.30. The van der Waals surface area contributed by atoms with E-state index in [1.807, 2.05) is 0 Å². The maximum atomic E-state index is 12.3. The van der Waals surface area contributed by atoms with Crippen LogP contribution < -0.4 is 5.73 Å². The van der Waals surface area contributed by atoms with Crippen LogP contribution in [0.3, 0.4) is 0 Å². The van der Waals surface area contributed by atoms with E-state index < -0.39 is 36.5 Å². The predicted octanol–water partition coefficient (Wildman–Crippen LogP) is 0.265. The van der Waals surface area contributed by atoms with Gasteiger partial charge in [0.15, 0.2) is 0 Å². The second-order valence-electron chi connectivity index (χ2n) is 5.07. The summed E-state index contributed by atoms with van der Waals surface area (Å²) in [5, 5.41) is 8.78. The summed E-state index contributed by atoms with van der Waals surface area (Å²) in [6, 6.07) is -0.561. The number of carboxylic acid groups (broad SMARTS) is 1. The Morgan fingerprint density at radius 2 is 1.79 bits per heavy atom. The Kier molecular flexibility index (Phi) is 6.04. The van der Waals surface area contributed by atoms with Crippen molar-refractivity contribution in [2.24, 2.45) is 5.73 Å². The van der Waals surface area contributed by atoms with E-state index in [0.29, 0.717) is 0 Å². The minimum absolute atomic E-state index is 0.247. The van der Waals surface area contributed by atoms with Crippen LogP contribution in [0, 0.1) is 0 Å². The van der Waals surface area contributed by atoms with E-state index in [1.165, 1.54) is 11.0 Å². The monoisotopic (exact) mass is 271 g/mol. The summed E-state index contributed by atoms with van der Waals surface area (Å²) in [4.78, 5) is 36.3. The third-order valence-electron chi connectivity index (χ3n) is 2.30. The summed E-state index contributed by atoms with van der Waals surface area (Å²) in [5.41, 5.74) is 4.50. The fraction of sp³-hybridized carbons (Fsp3) is 0.583. The summed E-state index contributed by atoms with van der Waals surface area (Å²) >= 11 is 0. The molecule has 0 unspecified atom stereocenters. The number of carboxylic acids is 1. The molecule has 0 spiro atoms. The number of hydrogen-bond acceptors (Lipinski definition) is 3. The Labute approximate surface area is 112 Å². The summed E-state index contributed by atoms with van der Waals surface area (Å²) in [7, 11) is 0. The van der Waals surface area contributed by atoms with Crippen molar-refractivity contribution >= 4 is 17.9 Å². The van der Waals surface area contributed by atoms with Gasteiger partial charge in [-0.25, -0.2) is 4.79 Å². The van der Waals surface area contributed by atoms with Crippen LogP contribution in [0.2, 0.25) is 0 Å². The number of nitrogens with zero attached hydrogens (tertiary/aromatic N) is 2. The Balaban J connectivity index is 5.16. The maximum Gasteiger partial charge on any atom is 0.323 e. The third kappa shape index (κ3) is 5.89. The number of carbonyl (C=O) groups is 3. The summed E-state index contributed by atoms with van der Waals surface area (Å²) in [5.74, 6) is -1.97. The Morgan fingerprint density at radius 3 is 2.11 bits per heavy atom. The van der Waals surface area contributed by atoms with Crippen molar-refractivity contribution in [1.82, 2.24) is 9.80 Å². The first kappa shape index (κ1) is 16.9. The molecule has 19 heavy (non-hydrogen) atoms. The molecule has 0 bridgehead atoms. The summed E-state index contributed by atoms with van der Waals surface area (Å²) < 4.78 is 0. The van der Waals surface area contributed by atoms with Gasteiger partial charge in [0, 0.05) is 12.1 Å². The van der Waals surface area contributed by atoms with E-state index in [0.717, 1.165) is 4.90 Å². The molecule has 0 aliphatic carbocycles. The van der Waals surface area contributed by atoms with E-state index >= 15 is 0 Å². The lowest BCUT2D eigenvalue weighted by Crippen LogP contribution is -2.54. The van der Waals surface area contributed by atoms with Crippen molar-refractivity contribution in [2.75, 3.05) is 19.6 Å². The van der Waals surface area contributed by atoms with Gasteiger partial charge < -0.3 is 20.6 Å². The maximum absolute atomic E-state index is 12.3. The molecule has 0 saturated heterocycles. The van der Waals surface area contributed by atoms with Crippen molar-refractivity contribution in [1.29, 1.82) is 0 Å². The first-order valence-electron chi connectivity index (χ1n) is 5.77. The molecule has 3 amide bonds. The third-order valence-corrected chi connectivity index (χ3v) is 2.30. The van der Waals surface area contributed by atoms with E-state index in [2.05, 4.69) is 6.58 Å². The topological polar surface area (TPSA) is 104 Å². The number of amides is 3. The molecular formula is C12H21N3O4. The largest absolute Gasteiger partial charge is 0.480 e. The molecule has 7 nitrogen and oxygen atoms in total. The van der Waals surface area contributed by atoms with Crippen molar-refractivity contribution in [3.05, 3.63) is 12.7 Å². The standard InChI is InChI=1S/C12H21N3O4/c1-5-6-15(12(2,3)4)11(19)14(7-9(13)16)8-10(17)18/h5H,1,6-8H2,2-4H3,(H2,13,16)(H,17,18). The van der Waals surface area contributed by atoms with Gasteiger partial charge in [0.05, 0.1) is 0 Å². The van der Waals surface area contributed by atoms with Crippen molar-refractivity contribution in [2.45, 2.75) is 26.3 Å². The van der Waals surface area contributed by atoms with Crippen molar-refractivity contribution < 1.29 is 19.5 Å². The van der Waals surface area contributed by atoms with Crippen molar-refractivity contribution in [3.63, 3.8) is 0 Å². The smallest absolute Gasteiger partial charge is 0.323 e. The molecule has 0 aliphatic rings. The number of aliphatic carboxylic acids is 1. The molecule has 7 heteroatoms. The van der Waals surface area contributed by atoms with Gasteiger partial charge in [0.25, 0.3) is 0 Å². The fourth-order valence-electron chi connectivity index (χ4n) is 1.48. The van der Waals surface area contributed by atoms with Crippen LogP contribution >= 0.6 is 0 Å². The van der Waals surface area contributed by atoms with E-state index in [-0.39, 0.29) is 6.54 Å². The normalized spacial score (nSPS) is 10.7. The molecule has 3 N–H and O–H groups in total. The molecule has 0 rings (SSSR count). The van der Waals surface area contributed by atoms with Crippen LogP contribution in [0.15, 0.2) is 12.7 Å². The van der Waals surface area contributed by atoms with Gasteiger partial charge in [-0.05, 0) is 20.8 Å². The molecule has 0 radical (unpaired) electrons. The quantitative estimate of drug-likeness (QED) is 0.676. The highest BCUT2D eigenvalue weighted by atomic mass is 16.4. The molecule has 0 aromatic rings. The average Bonchev–Trinajstić information content (AvgIpc) is 2.21. The van der Waals surface area contributed by atoms with Gasteiger partial charge >= 0.3 is 12.0 Å². The number of nitrogens with two attached hydrogens (primary N) is 1. The molecule has 0 aromatic carbocycles. The predicted molar refractivity (Wildman–Crippen MR) is 70.5 cm³/mol. The zero-order valence-corrected chi connectivity index (χ0v) is 11.5. The van der Waals surface area contributed by atoms with E-state index in [9.17, 15) is 14.4 Å². The fourth-order valence-corrected chi connectivity index (χ4v) is 1.48. The van der Waals surface area contributed by atoms with Crippen molar-refractivity contribution in [3.8, 4) is 0 Å². The molecule has 0 fully saturated rings. The van der Waals surface area contributed by atoms with Crippen LogP contribution in [-0.4, -0.2) is 58.0 Å². The molecule has 108 valence electrons. The van der Waals surface area contributed by atoms with E-state index in [4.69, 9.17) is 10.8 Å². The molecule has 0 aromatic heterocycles. The summed E-state index contributed by atoms with van der Waals surface area (Å²) in [6.45, 7) is 8.20. The number of hydrogen-bond donors (Lipinski definition) is 2. The SMILES string of the molecule is C=CCN(C(=O)N(CC(N)=O)CC(=O)O)C(C)(C)C.